The Bertz CT molecular complexity index is 2940. The molecule has 49 heavy (non-hydrogen) atoms. The van der Waals surface area contributed by atoms with Crippen LogP contribution in [0.25, 0.3) is 104 Å². The molecule has 1 aromatic heterocycles. The van der Waals surface area contributed by atoms with Crippen LogP contribution in [0.15, 0.2) is 176 Å². The molecule has 0 amide bonds. The zero-order chi connectivity index (χ0) is 32.1. The average molecular weight is 620 g/mol. The first-order valence-electron chi connectivity index (χ1n) is 17.0. The van der Waals surface area contributed by atoms with Crippen LogP contribution in [0.1, 0.15) is 0 Å². The van der Waals surface area contributed by atoms with Crippen molar-refractivity contribution in [3.8, 4) is 27.9 Å². The second-order valence-electron chi connectivity index (χ2n) is 13.2. The summed E-state index contributed by atoms with van der Waals surface area (Å²) in [6.45, 7) is 0. The highest BCUT2D eigenvalue weighted by Crippen LogP contribution is 2.46. The van der Waals surface area contributed by atoms with Gasteiger partial charge in [-0.2, -0.15) is 0 Å². The molecule has 0 bridgehead atoms. The number of hydrogen-bond donors (Lipinski definition) is 0. The van der Waals surface area contributed by atoms with Gasteiger partial charge in [-0.05, 0) is 100 Å². The van der Waals surface area contributed by atoms with Gasteiger partial charge in [0.15, 0.2) is 0 Å². The molecule has 0 aliphatic rings. The van der Waals surface area contributed by atoms with Crippen LogP contribution in [0.4, 0.5) is 0 Å². The topological polar surface area (TPSA) is 4.93 Å². The van der Waals surface area contributed by atoms with Gasteiger partial charge in [-0.15, -0.1) is 0 Å². The Labute approximate surface area is 283 Å². The lowest BCUT2D eigenvalue weighted by Gasteiger charge is -2.19. The number of benzene rings is 10. The first-order chi connectivity index (χ1) is 24.3. The Balaban J connectivity index is 1.16. The molecule has 11 rings (SSSR count). The molecule has 1 heterocycles. The highest BCUT2D eigenvalue weighted by atomic mass is 15.0. The molecule has 226 valence electrons. The average Bonchev–Trinajstić information content (AvgIpc) is 3.52. The van der Waals surface area contributed by atoms with E-state index in [-0.39, 0.29) is 0 Å². The van der Waals surface area contributed by atoms with Crippen LogP contribution < -0.4 is 0 Å². The third kappa shape index (κ3) is 3.65. The molecule has 0 unspecified atom stereocenters. The van der Waals surface area contributed by atoms with E-state index in [1.165, 1.54) is 104 Å². The van der Waals surface area contributed by atoms with E-state index in [0.717, 1.165) is 0 Å². The van der Waals surface area contributed by atoms with Crippen LogP contribution in [0.5, 0.6) is 0 Å². The summed E-state index contributed by atoms with van der Waals surface area (Å²) in [7, 11) is 0. The van der Waals surface area contributed by atoms with Crippen molar-refractivity contribution in [1.29, 1.82) is 0 Å². The molecular weight excluding hydrogens is 591 g/mol. The molecule has 0 N–H and O–H groups in total. The van der Waals surface area contributed by atoms with E-state index >= 15 is 0 Å². The molecule has 11 aromatic rings. The highest BCUT2D eigenvalue weighted by Gasteiger charge is 2.21. The van der Waals surface area contributed by atoms with Crippen LogP contribution in [0, 0.1) is 0 Å². The largest absolute Gasteiger partial charge is 0.309 e. The van der Waals surface area contributed by atoms with Crippen LogP contribution in [0.3, 0.4) is 0 Å². The van der Waals surface area contributed by atoms with E-state index < -0.39 is 0 Å². The smallest absolute Gasteiger partial charge is 0.0547 e. The molecule has 10 aromatic carbocycles. The lowest BCUT2D eigenvalue weighted by atomic mass is 9.85. The summed E-state index contributed by atoms with van der Waals surface area (Å²) in [4.78, 5) is 0. The van der Waals surface area contributed by atoms with Crippen molar-refractivity contribution >= 4 is 75.7 Å². The SMILES string of the molecule is c1ccc2c(-c3c4ccccc4c(-c4ccc(-n5c6cccc7c8ccccc8c8cccc5c8c76)cc4)c4ccccc34)cccc2c1. The molecule has 0 saturated carbocycles. The maximum absolute atomic E-state index is 2.45. The third-order valence-electron chi connectivity index (χ3n) is 10.7. The van der Waals surface area contributed by atoms with Gasteiger partial charge in [0.25, 0.3) is 0 Å². The van der Waals surface area contributed by atoms with Gasteiger partial charge in [-0.25, -0.2) is 0 Å². The standard InChI is InChI=1S/C48H29N/c1-2-14-33-30(12-1)13-9-21-36(33)46-41-19-7-5-17-39(41)45(40-18-6-8-20-42(40)46)31-26-28-32(29-27-31)49-43-24-10-22-37-34-15-3-4-16-35(34)38-23-11-25-44(49)48(38)47(37)43/h1-29H. The second-order valence-corrected chi connectivity index (χ2v) is 13.2. The second kappa shape index (κ2) is 10.0. The molecule has 0 atom stereocenters. The molecule has 0 radical (unpaired) electrons. The lowest BCUT2D eigenvalue weighted by Crippen LogP contribution is -1.94. The van der Waals surface area contributed by atoms with E-state index in [1.54, 1.807) is 0 Å². The molecule has 1 nitrogen and oxygen atoms in total. The fourth-order valence-corrected chi connectivity index (χ4v) is 8.74. The Kier molecular flexibility index (Phi) is 5.45. The van der Waals surface area contributed by atoms with E-state index in [4.69, 9.17) is 0 Å². The van der Waals surface area contributed by atoms with Gasteiger partial charge in [-0.1, -0.05) is 152 Å². The Morgan fingerprint density at radius 2 is 0.714 bits per heavy atom. The monoisotopic (exact) mass is 619 g/mol. The quantitative estimate of drug-likeness (QED) is 0.137. The first-order valence-corrected chi connectivity index (χ1v) is 17.0. The van der Waals surface area contributed by atoms with E-state index in [0.29, 0.717) is 0 Å². The predicted octanol–water partition coefficient (Wildman–Crippen LogP) is 13.3. The Hall–Kier alpha value is -6.44. The first kappa shape index (κ1) is 26.6. The van der Waals surface area contributed by atoms with Crippen LogP contribution in [-0.4, -0.2) is 4.57 Å². The van der Waals surface area contributed by atoms with Crippen molar-refractivity contribution in [3.63, 3.8) is 0 Å². The van der Waals surface area contributed by atoms with E-state index in [2.05, 4.69) is 180 Å². The Morgan fingerprint density at radius 1 is 0.286 bits per heavy atom. The number of fused-ring (bicyclic) bond motifs is 6. The minimum absolute atomic E-state index is 1.17. The molecule has 0 fully saturated rings. The maximum Gasteiger partial charge on any atom is 0.0547 e. The van der Waals surface area contributed by atoms with Gasteiger partial charge in [0.2, 0.25) is 0 Å². The van der Waals surface area contributed by atoms with Gasteiger partial charge in [-0.3, -0.25) is 0 Å². The van der Waals surface area contributed by atoms with Gasteiger partial charge < -0.3 is 4.57 Å². The lowest BCUT2D eigenvalue weighted by molar-refractivity contribution is 1.18. The van der Waals surface area contributed by atoms with Crippen molar-refractivity contribution in [2.45, 2.75) is 0 Å². The molecule has 0 saturated heterocycles. The summed E-state index contributed by atoms with van der Waals surface area (Å²) in [5, 5.41) is 15.6. The zero-order valence-electron chi connectivity index (χ0n) is 26.7. The zero-order valence-corrected chi connectivity index (χ0v) is 26.7. The number of aromatic nitrogens is 1. The van der Waals surface area contributed by atoms with Crippen molar-refractivity contribution < 1.29 is 0 Å². The summed E-state index contributed by atoms with van der Waals surface area (Å²) in [5.74, 6) is 0. The van der Waals surface area contributed by atoms with Crippen LogP contribution in [-0.2, 0) is 0 Å². The van der Waals surface area contributed by atoms with Crippen molar-refractivity contribution in [3.05, 3.63) is 176 Å². The number of rotatable bonds is 3. The normalized spacial score (nSPS) is 12.1. The van der Waals surface area contributed by atoms with E-state index in [1.807, 2.05) is 0 Å². The molecule has 0 aliphatic heterocycles. The number of nitrogens with zero attached hydrogens (tertiary/aromatic N) is 1. The van der Waals surface area contributed by atoms with Gasteiger partial charge in [0, 0.05) is 16.5 Å². The molecule has 1 heteroatoms. The molecular formula is C48H29N. The maximum atomic E-state index is 2.45. The Morgan fingerprint density at radius 3 is 1.29 bits per heavy atom. The minimum Gasteiger partial charge on any atom is -0.309 e. The summed E-state index contributed by atoms with van der Waals surface area (Å²) < 4.78 is 2.45. The van der Waals surface area contributed by atoms with Gasteiger partial charge in [0.1, 0.15) is 0 Å². The summed E-state index contributed by atoms with van der Waals surface area (Å²) >= 11 is 0. The van der Waals surface area contributed by atoms with Crippen molar-refractivity contribution in [2.75, 3.05) is 0 Å². The van der Waals surface area contributed by atoms with E-state index in [9.17, 15) is 0 Å². The fraction of sp³-hybridized carbons (Fsp3) is 0. The van der Waals surface area contributed by atoms with Gasteiger partial charge >= 0.3 is 0 Å². The van der Waals surface area contributed by atoms with Crippen LogP contribution in [0.2, 0.25) is 0 Å². The fourth-order valence-electron chi connectivity index (χ4n) is 8.74. The summed E-state index contributed by atoms with van der Waals surface area (Å²) in [6.07, 6.45) is 0. The predicted molar refractivity (Wildman–Crippen MR) is 210 cm³/mol. The minimum atomic E-state index is 1.17. The highest BCUT2D eigenvalue weighted by molar-refractivity contribution is 6.34. The van der Waals surface area contributed by atoms with Crippen molar-refractivity contribution in [1.82, 2.24) is 4.57 Å². The number of hydrogen-bond acceptors (Lipinski definition) is 0. The van der Waals surface area contributed by atoms with Crippen LogP contribution >= 0.6 is 0 Å². The van der Waals surface area contributed by atoms with Gasteiger partial charge in [0.05, 0.1) is 11.0 Å². The third-order valence-corrected chi connectivity index (χ3v) is 10.7. The van der Waals surface area contributed by atoms with Crippen molar-refractivity contribution in [2.24, 2.45) is 0 Å². The summed E-state index contributed by atoms with van der Waals surface area (Å²) in [6, 6.07) is 64.9. The summed E-state index contributed by atoms with van der Waals surface area (Å²) in [5.41, 5.74) is 8.74. The molecule has 0 spiro atoms. The molecule has 0 aliphatic carbocycles.